The van der Waals surface area contributed by atoms with Crippen LogP contribution in [0.1, 0.15) is 16.1 Å². The standard InChI is InChI=1S/C13H15FN4O/c1-9-3-2-4-10(14)12(9)17-13(19)11-7-18(6-5-15)8-16-11/h2-4,7-8H,5-6,15H2,1H3,(H,17,19). The van der Waals surface area contributed by atoms with Crippen molar-refractivity contribution in [3.63, 3.8) is 0 Å². The Bertz CT molecular complexity index is 574. The monoisotopic (exact) mass is 262 g/mol. The molecule has 0 radical (unpaired) electrons. The number of rotatable bonds is 4. The Labute approximate surface area is 110 Å². The van der Waals surface area contributed by atoms with Crippen LogP contribution in [-0.4, -0.2) is 22.0 Å². The van der Waals surface area contributed by atoms with Gasteiger partial charge in [-0.2, -0.15) is 0 Å². The minimum atomic E-state index is -0.463. The fourth-order valence-corrected chi connectivity index (χ4v) is 1.72. The van der Waals surface area contributed by atoms with Crippen LogP contribution in [0, 0.1) is 12.7 Å². The molecular formula is C13H15FN4O. The second-order valence-electron chi connectivity index (χ2n) is 4.17. The van der Waals surface area contributed by atoms with Gasteiger partial charge < -0.3 is 15.6 Å². The Morgan fingerprint density at radius 2 is 2.32 bits per heavy atom. The summed E-state index contributed by atoms with van der Waals surface area (Å²) in [6.45, 7) is 2.77. The summed E-state index contributed by atoms with van der Waals surface area (Å²) < 4.78 is 15.3. The summed E-state index contributed by atoms with van der Waals surface area (Å²) in [6.07, 6.45) is 3.11. The van der Waals surface area contributed by atoms with E-state index in [0.29, 0.717) is 18.7 Å². The lowest BCUT2D eigenvalue weighted by atomic mass is 10.2. The third kappa shape index (κ3) is 2.97. The number of anilines is 1. The number of hydrogen-bond acceptors (Lipinski definition) is 3. The molecule has 1 aromatic carbocycles. The van der Waals surface area contributed by atoms with Crippen LogP contribution in [0.3, 0.4) is 0 Å². The number of carbonyl (C=O) groups excluding carboxylic acids is 1. The van der Waals surface area contributed by atoms with E-state index in [-0.39, 0.29) is 11.4 Å². The number of para-hydroxylation sites is 1. The molecule has 6 heteroatoms. The molecule has 1 amide bonds. The summed E-state index contributed by atoms with van der Waals surface area (Å²) in [4.78, 5) is 15.9. The van der Waals surface area contributed by atoms with Gasteiger partial charge in [0.2, 0.25) is 0 Å². The van der Waals surface area contributed by atoms with Crippen LogP contribution in [-0.2, 0) is 6.54 Å². The molecule has 5 nitrogen and oxygen atoms in total. The summed E-state index contributed by atoms with van der Waals surface area (Å²) in [5.41, 5.74) is 6.49. The third-order valence-corrected chi connectivity index (χ3v) is 2.71. The third-order valence-electron chi connectivity index (χ3n) is 2.71. The summed E-state index contributed by atoms with van der Waals surface area (Å²) >= 11 is 0. The number of aryl methyl sites for hydroxylation is 1. The highest BCUT2D eigenvalue weighted by atomic mass is 19.1. The molecule has 0 bridgehead atoms. The largest absolute Gasteiger partial charge is 0.335 e. The number of nitrogens with zero attached hydrogens (tertiary/aromatic N) is 2. The van der Waals surface area contributed by atoms with E-state index in [4.69, 9.17) is 5.73 Å². The molecule has 0 spiro atoms. The highest BCUT2D eigenvalue weighted by Crippen LogP contribution is 2.19. The maximum Gasteiger partial charge on any atom is 0.275 e. The number of halogens is 1. The van der Waals surface area contributed by atoms with E-state index >= 15 is 0 Å². The normalized spacial score (nSPS) is 10.5. The first-order chi connectivity index (χ1) is 9.11. The fraction of sp³-hybridized carbons (Fsp3) is 0.231. The van der Waals surface area contributed by atoms with Crippen LogP contribution >= 0.6 is 0 Å². The van der Waals surface area contributed by atoms with E-state index in [0.717, 1.165) is 0 Å². The zero-order valence-electron chi connectivity index (χ0n) is 10.6. The van der Waals surface area contributed by atoms with Gasteiger partial charge in [0.05, 0.1) is 12.0 Å². The predicted octanol–water partition coefficient (Wildman–Crippen LogP) is 1.54. The van der Waals surface area contributed by atoms with E-state index in [2.05, 4.69) is 10.3 Å². The van der Waals surface area contributed by atoms with E-state index in [1.165, 1.54) is 12.4 Å². The lowest BCUT2D eigenvalue weighted by Gasteiger charge is -2.07. The molecule has 0 unspecified atom stereocenters. The van der Waals surface area contributed by atoms with Crippen molar-refractivity contribution in [2.75, 3.05) is 11.9 Å². The lowest BCUT2D eigenvalue weighted by molar-refractivity contribution is 0.102. The molecule has 0 saturated heterocycles. The van der Waals surface area contributed by atoms with Gasteiger partial charge in [0.15, 0.2) is 0 Å². The minimum Gasteiger partial charge on any atom is -0.335 e. The van der Waals surface area contributed by atoms with Gasteiger partial charge in [-0.1, -0.05) is 12.1 Å². The molecule has 0 saturated carbocycles. The van der Waals surface area contributed by atoms with Crippen LogP contribution in [0.25, 0.3) is 0 Å². The van der Waals surface area contributed by atoms with Crippen LogP contribution in [0.2, 0.25) is 0 Å². The fourth-order valence-electron chi connectivity index (χ4n) is 1.72. The Morgan fingerprint density at radius 1 is 1.53 bits per heavy atom. The van der Waals surface area contributed by atoms with Crippen LogP contribution in [0.4, 0.5) is 10.1 Å². The first kappa shape index (κ1) is 13.2. The number of hydrogen-bond donors (Lipinski definition) is 2. The second-order valence-corrected chi connectivity index (χ2v) is 4.17. The van der Waals surface area contributed by atoms with E-state index in [9.17, 15) is 9.18 Å². The molecule has 1 aromatic heterocycles. The average molecular weight is 262 g/mol. The van der Waals surface area contributed by atoms with Crippen molar-refractivity contribution < 1.29 is 9.18 Å². The zero-order valence-corrected chi connectivity index (χ0v) is 10.6. The Hall–Kier alpha value is -2.21. The van der Waals surface area contributed by atoms with Gasteiger partial charge in [-0.15, -0.1) is 0 Å². The van der Waals surface area contributed by atoms with E-state index in [1.54, 1.807) is 29.8 Å². The number of nitrogens with one attached hydrogen (secondary N) is 1. The molecule has 19 heavy (non-hydrogen) atoms. The molecule has 2 aromatic rings. The van der Waals surface area contributed by atoms with Gasteiger partial charge in [-0.25, -0.2) is 9.37 Å². The predicted molar refractivity (Wildman–Crippen MR) is 70.4 cm³/mol. The van der Waals surface area contributed by atoms with E-state index in [1.807, 2.05) is 0 Å². The Balaban J connectivity index is 2.16. The number of carbonyl (C=O) groups is 1. The SMILES string of the molecule is Cc1cccc(F)c1NC(=O)c1cn(CCN)cn1. The first-order valence-corrected chi connectivity index (χ1v) is 5.90. The molecular weight excluding hydrogens is 247 g/mol. The smallest absolute Gasteiger partial charge is 0.275 e. The summed E-state index contributed by atoms with van der Waals surface area (Å²) in [7, 11) is 0. The molecule has 0 aliphatic carbocycles. The van der Waals surface area contributed by atoms with Crippen molar-refractivity contribution in [3.05, 3.63) is 47.8 Å². The first-order valence-electron chi connectivity index (χ1n) is 5.90. The molecule has 0 aliphatic rings. The molecule has 1 heterocycles. The zero-order chi connectivity index (χ0) is 13.8. The molecule has 0 aliphatic heterocycles. The van der Waals surface area contributed by atoms with Gasteiger partial charge in [0.1, 0.15) is 11.5 Å². The number of imidazole rings is 1. The van der Waals surface area contributed by atoms with Crippen molar-refractivity contribution in [1.82, 2.24) is 9.55 Å². The Morgan fingerprint density at radius 3 is 3.00 bits per heavy atom. The number of nitrogens with two attached hydrogens (primary N) is 1. The highest BCUT2D eigenvalue weighted by Gasteiger charge is 2.13. The van der Waals surface area contributed by atoms with Gasteiger partial charge in [-0.05, 0) is 18.6 Å². The van der Waals surface area contributed by atoms with Gasteiger partial charge in [0, 0.05) is 19.3 Å². The van der Waals surface area contributed by atoms with Crippen molar-refractivity contribution >= 4 is 11.6 Å². The Kier molecular flexibility index (Phi) is 3.91. The number of benzene rings is 1. The van der Waals surface area contributed by atoms with Gasteiger partial charge in [-0.3, -0.25) is 4.79 Å². The van der Waals surface area contributed by atoms with Crippen molar-refractivity contribution in [1.29, 1.82) is 0 Å². The maximum atomic E-state index is 13.6. The number of amides is 1. The van der Waals surface area contributed by atoms with Crippen LogP contribution in [0.5, 0.6) is 0 Å². The highest BCUT2D eigenvalue weighted by molar-refractivity contribution is 6.03. The molecule has 3 N–H and O–H groups in total. The second kappa shape index (κ2) is 5.62. The molecule has 2 rings (SSSR count). The lowest BCUT2D eigenvalue weighted by Crippen LogP contribution is -2.14. The molecule has 100 valence electrons. The van der Waals surface area contributed by atoms with Crippen LogP contribution < -0.4 is 11.1 Å². The van der Waals surface area contributed by atoms with Gasteiger partial charge in [0.25, 0.3) is 5.91 Å². The molecule has 0 atom stereocenters. The summed E-state index contributed by atoms with van der Waals surface area (Å²) in [5, 5.41) is 2.53. The number of aromatic nitrogens is 2. The van der Waals surface area contributed by atoms with Crippen LogP contribution in [0.15, 0.2) is 30.7 Å². The molecule has 0 fully saturated rings. The van der Waals surface area contributed by atoms with Gasteiger partial charge >= 0.3 is 0 Å². The summed E-state index contributed by atoms with van der Waals surface area (Å²) in [5.74, 6) is -0.904. The summed E-state index contributed by atoms with van der Waals surface area (Å²) in [6, 6.07) is 4.62. The minimum absolute atomic E-state index is 0.181. The average Bonchev–Trinajstić information content (AvgIpc) is 2.83. The van der Waals surface area contributed by atoms with E-state index < -0.39 is 11.7 Å². The van der Waals surface area contributed by atoms with Crippen molar-refractivity contribution in [2.45, 2.75) is 13.5 Å². The van der Waals surface area contributed by atoms with Crippen molar-refractivity contribution in [2.24, 2.45) is 5.73 Å². The quantitative estimate of drug-likeness (QED) is 0.877. The topological polar surface area (TPSA) is 72.9 Å². The van der Waals surface area contributed by atoms with Crippen molar-refractivity contribution in [3.8, 4) is 0 Å². The maximum absolute atomic E-state index is 13.6.